The highest BCUT2D eigenvalue weighted by Gasteiger charge is 2.39. The molecule has 1 unspecified atom stereocenters. The molecule has 0 saturated heterocycles. The van der Waals surface area contributed by atoms with E-state index < -0.39 is 0 Å². The molecule has 0 radical (unpaired) electrons. The maximum Gasteiger partial charge on any atom is 0.236 e. The van der Waals surface area contributed by atoms with Gasteiger partial charge >= 0.3 is 0 Å². The van der Waals surface area contributed by atoms with Crippen LogP contribution in [0.4, 0.5) is 11.4 Å². The summed E-state index contributed by atoms with van der Waals surface area (Å²) in [6.07, 6.45) is 9.09. The molecule has 0 bridgehead atoms. The zero-order valence-corrected chi connectivity index (χ0v) is 25.6. The highest BCUT2D eigenvalue weighted by atomic mass is 32.1. The van der Waals surface area contributed by atoms with Crippen LogP contribution in [0, 0.1) is 0 Å². The molecule has 1 aliphatic heterocycles. The highest BCUT2D eigenvalue weighted by molar-refractivity contribution is 7.26. The van der Waals surface area contributed by atoms with E-state index in [1.165, 1.54) is 86.6 Å². The first kappa shape index (κ1) is 24.6. The topological polar surface area (TPSA) is 12.9 Å². The van der Waals surface area contributed by atoms with Crippen LogP contribution in [0.1, 0.15) is 6.04 Å². The van der Waals surface area contributed by atoms with Gasteiger partial charge in [-0.05, 0) is 24.3 Å². The van der Waals surface area contributed by atoms with E-state index in [4.69, 9.17) is 0 Å². The normalized spacial score (nSPS) is 15.8. The molecule has 0 fully saturated rings. The molecule has 4 heterocycles. The van der Waals surface area contributed by atoms with Crippen molar-refractivity contribution in [3.8, 4) is 5.69 Å². The molecule has 2 aliphatic rings. The van der Waals surface area contributed by atoms with Crippen LogP contribution in [0.25, 0.3) is 69.5 Å². The quantitative estimate of drug-likeness (QED) is 0.174. The van der Waals surface area contributed by atoms with Gasteiger partial charge in [-0.25, -0.2) is 0 Å². The maximum atomic E-state index is 2.62. The van der Waals surface area contributed by atoms with E-state index >= 15 is 0 Å². The number of benzene rings is 6. The summed E-state index contributed by atoms with van der Waals surface area (Å²) in [6, 6.07) is 46.8. The molecular weight excluding hydrogens is 579 g/mol. The lowest BCUT2D eigenvalue weighted by Crippen LogP contribution is -2.30. The molecule has 1 atom stereocenters. The Bertz CT molecular complexity index is 2860. The minimum Gasteiger partial charge on any atom is -0.316 e. The molecular formula is C42H26N3S+. The van der Waals surface area contributed by atoms with Crippen molar-refractivity contribution in [3.63, 3.8) is 0 Å². The molecule has 3 aromatic heterocycles. The summed E-state index contributed by atoms with van der Waals surface area (Å²) in [4.78, 5) is 0. The number of para-hydroxylation sites is 3. The van der Waals surface area contributed by atoms with Crippen molar-refractivity contribution in [3.05, 3.63) is 152 Å². The van der Waals surface area contributed by atoms with E-state index in [2.05, 4.69) is 165 Å². The van der Waals surface area contributed by atoms with Crippen molar-refractivity contribution in [2.75, 3.05) is 0 Å². The van der Waals surface area contributed by atoms with Crippen LogP contribution in [0.15, 0.2) is 152 Å². The van der Waals surface area contributed by atoms with Crippen LogP contribution in [0.3, 0.4) is 0 Å². The van der Waals surface area contributed by atoms with Gasteiger partial charge in [-0.2, -0.15) is 4.58 Å². The third-order valence-electron chi connectivity index (χ3n) is 9.99. The molecule has 3 nitrogen and oxygen atoms in total. The first-order valence-electron chi connectivity index (χ1n) is 15.8. The van der Waals surface area contributed by atoms with Crippen LogP contribution in [0.5, 0.6) is 0 Å². The standard InChI is InChI=1S/C42H26N3S/c1-2-12-26(13-3-1)43-33-18-6-4-14-27(33)30-24-25-31-29-16-10-21-36-39(29)45(41(31)40(30)43)35-20-8-7-19-34(35)44(36)37-22-11-17-32-28-15-5-9-23-38(28)46-42(32)37/h1-25,35H/q+1. The Kier molecular flexibility index (Phi) is 4.78. The van der Waals surface area contributed by atoms with E-state index in [0.29, 0.717) is 0 Å². The lowest BCUT2D eigenvalue weighted by atomic mass is 10.0. The van der Waals surface area contributed by atoms with E-state index in [9.17, 15) is 0 Å². The molecule has 0 N–H and O–H groups in total. The van der Waals surface area contributed by atoms with Crippen molar-refractivity contribution >= 4 is 92.2 Å². The van der Waals surface area contributed by atoms with Crippen molar-refractivity contribution < 1.29 is 0 Å². The number of hydrogen-bond donors (Lipinski definition) is 0. The number of fused-ring (bicyclic) bond motifs is 12. The largest absolute Gasteiger partial charge is 0.316 e. The molecule has 0 amide bonds. The van der Waals surface area contributed by atoms with Gasteiger partial charge in [0.1, 0.15) is 16.3 Å². The van der Waals surface area contributed by atoms with Gasteiger partial charge in [-0.1, -0.05) is 109 Å². The van der Waals surface area contributed by atoms with Crippen LogP contribution >= 0.6 is 11.3 Å². The molecule has 214 valence electrons. The fourth-order valence-corrected chi connectivity index (χ4v) is 9.39. The summed E-state index contributed by atoms with van der Waals surface area (Å²) in [5.41, 5.74) is 9.96. The zero-order chi connectivity index (χ0) is 29.9. The SMILES string of the molecule is C1=CC2=[N+](c3cccc4c3sc3ccccc34)c3cccc4c5ccc6c7ccccc7n(-c7ccccc7)c6c5n(c34)C2C=C1. The maximum absolute atomic E-state index is 2.62. The molecule has 1 aliphatic carbocycles. The summed E-state index contributed by atoms with van der Waals surface area (Å²) in [6.45, 7) is 0. The Morgan fingerprint density at radius 1 is 0.522 bits per heavy atom. The second-order valence-electron chi connectivity index (χ2n) is 12.3. The minimum atomic E-state index is 0.0392. The molecule has 9 aromatic rings. The third-order valence-corrected chi connectivity index (χ3v) is 11.2. The average molecular weight is 605 g/mol. The Morgan fingerprint density at radius 3 is 2.11 bits per heavy atom. The minimum absolute atomic E-state index is 0.0392. The fourth-order valence-electron chi connectivity index (χ4n) is 8.18. The Morgan fingerprint density at radius 2 is 1.22 bits per heavy atom. The van der Waals surface area contributed by atoms with Crippen molar-refractivity contribution in [2.45, 2.75) is 6.04 Å². The third kappa shape index (κ3) is 3.04. The van der Waals surface area contributed by atoms with Gasteiger partial charge in [0.25, 0.3) is 0 Å². The van der Waals surface area contributed by atoms with Crippen molar-refractivity contribution in [2.24, 2.45) is 0 Å². The molecule has 0 spiro atoms. The smallest absolute Gasteiger partial charge is 0.236 e. The Hall–Kier alpha value is -5.71. The second-order valence-corrected chi connectivity index (χ2v) is 13.3. The predicted octanol–water partition coefficient (Wildman–Crippen LogP) is 11.2. The summed E-state index contributed by atoms with van der Waals surface area (Å²) < 4.78 is 10.3. The molecule has 11 rings (SSSR count). The van der Waals surface area contributed by atoms with Gasteiger partial charge < -0.3 is 9.13 Å². The zero-order valence-electron chi connectivity index (χ0n) is 24.8. The molecule has 6 aromatic carbocycles. The fraction of sp³-hybridized carbons (Fsp3) is 0.0238. The van der Waals surface area contributed by atoms with Crippen LogP contribution < -0.4 is 4.58 Å². The summed E-state index contributed by atoms with van der Waals surface area (Å²) >= 11 is 1.89. The number of nitrogens with zero attached hydrogens (tertiary/aromatic N) is 3. The van der Waals surface area contributed by atoms with Gasteiger partial charge in [-0.15, -0.1) is 11.3 Å². The first-order valence-corrected chi connectivity index (χ1v) is 16.6. The Labute approximate surface area is 268 Å². The monoisotopic (exact) mass is 604 g/mol. The van der Waals surface area contributed by atoms with Crippen molar-refractivity contribution in [1.29, 1.82) is 0 Å². The van der Waals surface area contributed by atoms with Crippen LogP contribution in [0.2, 0.25) is 0 Å². The van der Waals surface area contributed by atoms with E-state index in [-0.39, 0.29) is 6.04 Å². The van der Waals surface area contributed by atoms with Gasteiger partial charge in [0.15, 0.2) is 0 Å². The van der Waals surface area contributed by atoms with E-state index in [1.807, 2.05) is 11.3 Å². The van der Waals surface area contributed by atoms with E-state index in [1.54, 1.807) is 0 Å². The first-order chi connectivity index (χ1) is 22.9. The summed E-state index contributed by atoms with van der Waals surface area (Å²) in [5, 5.41) is 7.77. The Balaban J connectivity index is 1.32. The molecule has 4 heteroatoms. The number of aromatic nitrogens is 2. The van der Waals surface area contributed by atoms with Gasteiger partial charge in [0.05, 0.1) is 16.6 Å². The average Bonchev–Trinajstić information content (AvgIpc) is 3.78. The number of allylic oxidation sites excluding steroid dienone is 4. The number of rotatable bonds is 2. The lowest BCUT2D eigenvalue weighted by Gasteiger charge is -2.25. The molecule has 46 heavy (non-hydrogen) atoms. The summed E-state index contributed by atoms with van der Waals surface area (Å²) in [5.74, 6) is 0. The van der Waals surface area contributed by atoms with Crippen molar-refractivity contribution in [1.82, 2.24) is 13.7 Å². The molecule has 0 saturated carbocycles. The van der Waals surface area contributed by atoms with Gasteiger partial charge in [-0.3, -0.25) is 0 Å². The number of hydrogen-bond acceptors (Lipinski definition) is 1. The van der Waals surface area contributed by atoms with E-state index in [0.717, 1.165) is 0 Å². The van der Waals surface area contributed by atoms with Gasteiger partial charge in [0.2, 0.25) is 17.1 Å². The van der Waals surface area contributed by atoms with Crippen LogP contribution in [-0.4, -0.2) is 14.8 Å². The highest BCUT2D eigenvalue weighted by Crippen LogP contribution is 2.49. The number of thiophene rings is 1. The van der Waals surface area contributed by atoms with Crippen LogP contribution in [-0.2, 0) is 0 Å². The van der Waals surface area contributed by atoms with Gasteiger partial charge in [0, 0.05) is 60.9 Å². The summed E-state index contributed by atoms with van der Waals surface area (Å²) in [7, 11) is 0. The second kappa shape index (κ2) is 8.94. The lowest BCUT2D eigenvalue weighted by molar-refractivity contribution is 0.783. The predicted molar refractivity (Wildman–Crippen MR) is 197 cm³/mol.